The summed E-state index contributed by atoms with van der Waals surface area (Å²) < 4.78 is 20.9. The number of rotatable bonds is 7. The SMILES string of the molecule is CC(C)(C)/C=C(\C#N)C(=O)N1CCCC(Nc2ncnc(N)c2C(=N)c2ccc(Oc3ccccc3)cc2F)C1.CO. The van der Waals surface area contributed by atoms with Crippen LogP contribution in [-0.2, 0) is 4.79 Å². The molecule has 1 aromatic heterocycles. The van der Waals surface area contributed by atoms with E-state index in [4.69, 9.17) is 21.0 Å². The molecule has 0 saturated carbocycles. The van der Waals surface area contributed by atoms with E-state index in [0.29, 0.717) is 31.0 Å². The lowest BCUT2D eigenvalue weighted by molar-refractivity contribution is -0.127. The molecular formula is C31H36FN7O3. The summed E-state index contributed by atoms with van der Waals surface area (Å²) in [5.41, 5.74) is 5.93. The molecule has 220 valence electrons. The topological polar surface area (TPSA) is 161 Å². The van der Waals surface area contributed by atoms with E-state index in [0.717, 1.165) is 13.5 Å². The number of benzene rings is 2. The van der Waals surface area contributed by atoms with Gasteiger partial charge in [-0.1, -0.05) is 45.0 Å². The second kappa shape index (κ2) is 14.2. The quantitative estimate of drug-likeness (QED) is 0.176. The van der Waals surface area contributed by atoms with Crippen LogP contribution in [0.25, 0.3) is 0 Å². The van der Waals surface area contributed by atoms with Gasteiger partial charge in [0, 0.05) is 37.9 Å². The highest BCUT2D eigenvalue weighted by atomic mass is 19.1. The Balaban J connectivity index is 0.00000237. The van der Waals surface area contributed by atoms with Crippen LogP contribution in [0.2, 0.25) is 0 Å². The zero-order chi connectivity index (χ0) is 30.9. The number of para-hydroxylation sites is 1. The van der Waals surface area contributed by atoms with Crippen LogP contribution in [-0.4, -0.2) is 57.8 Å². The monoisotopic (exact) mass is 573 g/mol. The van der Waals surface area contributed by atoms with Crippen LogP contribution in [0.5, 0.6) is 11.5 Å². The number of hydrogen-bond acceptors (Lipinski definition) is 9. The van der Waals surface area contributed by atoms with Gasteiger partial charge in [-0.2, -0.15) is 5.26 Å². The van der Waals surface area contributed by atoms with Crippen molar-refractivity contribution in [1.29, 1.82) is 10.7 Å². The average molecular weight is 574 g/mol. The number of nitriles is 1. The maximum absolute atomic E-state index is 15.2. The Morgan fingerprint density at radius 1 is 1.21 bits per heavy atom. The molecule has 1 fully saturated rings. The van der Waals surface area contributed by atoms with Crippen molar-refractivity contribution in [2.75, 3.05) is 31.2 Å². The summed E-state index contributed by atoms with van der Waals surface area (Å²) in [6.07, 6.45) is 4.39. The standard InChI is InChI=1S/C30H32FN7O2.CH4O/c1-30(2,3)15-19(16-32)29(39)38-13-7-8-20(17-38)37-28-25(27(34)35-18-36-28)26(33)23-12-11-22(14-24(23)31)40-21-9-5-4-6-10-21;1-2/h4-6,9-12,14-15,18,20,33H,7-8,13,17H2,1-3H3,(H3,34,35,36,37);2H,1H3/b19-15+,33-26?;. The molecule has 0 radical (unpaired) electrons. The van der Waals surface area contributed by atoms with Crippen molar-refractivity contribution in [2.45, 2.75) is 39.7 Å². The Hall–Kier alpha value is -4.82. The Bertz CT molecular complexity index is 1480. The highest BCUT2D eigenvalue weighted by Crippen LogP contribution is 2.28. The predicted octanol–water partition coefficient (Wildman–Crippen LogP) is 4.91. The van der Waals surface area contributed by atoms with Gasteiger partial charge < -0.3 is 25.8 Å². The van der Waals surface area contributed by atoms with Crippen LogP contribution in [0.4, 0.5) is 16.0 Å². The number of amides is 1. The number of nitrogens with two attached hydrogens (primary N) is 1. The van der Waals surface area contributed by atoms with Crippen molar-refractivity contribution >= 4 is 23.3 Å². The maximum atomic E-state index is 15.2. The molecule has 1 aliphatic heterocycles. The molecule has 11 heteroatoms. The number of carbonyl (C=O) groups excluding carboxylic acids is 1. The third kappa shape index (κ3) is 8.11. The summed E-state index contributed by atoms with van der Waals surface area (Å²) in [6, 6.07) is 15.1. The minimum Gasteiger partial charge on any atom is -0.457 e. The molecule has 0 spiro atoms. The number of nitrogens with zero attached hydrogens (tertiary/aromatic N) is 4. The van der Waals surface area contributed by atoms with E-state index in [1.54, 1.807) is 29.2 Å². The van der Waals surface area contributed by atoms with E-state index in [9.17, 15) is 10.1 Å². The fraction of sp³-hybridized carbons (Fsp3) is 0.323. The predicted molar refractivity (Wildman–Crippen MR) is 160 cm³/mol. The van der Waals surface area contributed by atoms with Crippen LogP contribution >= 0.6 is 0 Å². The van der Waals surface area contributed by atoms with Crippen LogP contribution in [0.3, 0.4) is 0 Å². The number of aliphatic hydroxyl groups excluding tert-OH is 1. The molecule has 0 bridgehead atoms. The molecule has 1 aliphatic rings. The van der Waals surface area contributed by atoms with Gasteiger partial charge in [-0.15, -0.1) is 0 Å². The van der Waals surface area contributed by atoms with E-state index in [2.05, 4.69) is 15.3 Å². The molecule has 1 unspecified atom stereocenters. The fourth-order valence-corrected chi connectivity index (χ4v) is 4.49. The smallest absolute Gasteiger partial charge is 0.264 e. The van der Waals surface area contributed by atoms with Crippen LogP contribution < -0.4 is 15.8 Å². The molecule has 1 saturated heterocycles. The van der Waals surface area contributed by atoms with Crippen LogP contribution in [0, 0.1) is 28.0 Å². The van der Waals surface area contributed by atoms with Crippen molar-refractivity contribution in [3.63, 3.8) is 0 Å². The van der Waals surface area contributed by atoms with E-state index in [1.807, 2.05) is 45.0 Å². The summed E-state index contributed by atoms with van der Waals surface area (Å²) in [6.45, 7) is 6.65. The minimum atomic E-state index is -0.656. The zero-order valence-electron chi connectivity index (χ0n) is 24.2. The number of aromatic nitrogens is 2. The molecule has 2 aromatic carbocycles. The maximum Gasteiger partial charge on any atom is 0.264 e. The highest BCUT2D eigenvalue weighted by molar-refractivity contribution is 6.16. The van der Waals surface area contributed by atoms with Gasteiger partial charge in [0.05, 0.1) is 11.3 Å². The molecule has 4 rings (SSSR count). The lowest BCUT2D eigenvalue weighted by atomic mass is 9.93. The lowest BCUT2D eigenvalue weighted by Gasteiger charge is -2.34. The Morgan fingerprint density at radius 3 is 2.57 bits per heavy atom. The number of aliphatic hydroxyl groups is 1. The Labute approximate surface area is 245 Å². The summed E-state index contributed by atoms with van der Waals surface area (Å²) in [7, 11) is 1.00. The first-order chi connectivity index (χ1) is 20.1. The second-order valence-electron chi connectivity index (χ2n) is 10.7. The Morgan fingerprint density at radius 2 is 1.93 bits per heavy atom. The first-order valence-corrected chi connectivity index (χ1v) is 13.4. The molecular weight excluding hydrogens is 537 g/mol. The highest BCUT2D eigenvalue weighted by Gasteiger charge is 2.28. The average Bonchev–Trinajstić information content (AvgIpc) is 2.97. The number of piperidine rings is 1. The summed E-state index contributed by atoms with van der Waals surface area (Å²) in [5, 5.41) is 28.6. The summed E-state index contributed by atoms with van der Waals surface area (Å²) in [4.78, 5) is 23.0. The molecule has 2 heterocycles. The molecule has 1 amide bonds. The molecule has 10 nitrogen and oxygen atoms in total. The number of nitrogen functional groups attached to an aromatic ring is 1. The van der Waals surface area contributed by atoms with Gasteiger partial charge in [0.15, 0.2) is 0 Å². The fourth-order valence-electron chi connectivity index (χ4n) is 4.49. The Kier molecular flexibility index (Phi) is 10.7. The number of carbonyl (C=O) groups is 1. The van der Waals surface area contributed by atoms with Gasteiger partial charge >= 0.3 is 0 Å². The summed E-state index contributed by atoms with van der Waals surface area (Å²) >= 11 is 0. The van der Waals surface area contributed by atoms with Crippen LogP contribution in [0.15, 0.2) is 66.5 Å². The number of nitrogens with one attached hydrogen (secondary N) is 2. The molecule has 1 atom stereocenters. The minimum absolute atomic E-state index is 0.0105. The van der Waals surface area contributed by atoms with Crippen molar-refractivity contribution < 1.29 is 19.0 Å². The van der Waals surface area contributed by atoms with E-state index < -0.39 is 5.82 Å². The van der Waals surface area contributed by atoms with E-state index in [1.165, 1.54) is 18.5 Å². The second-order valence-corrected chi connectivity index (χ2v) is 10.7. The number of ether oxygens (including phenoxy) is 1. The van der Waals surface area contributed by atoms with Crippen LogP contribution in [0.1, 0.15) is 44.7 Å². The van der Waals surface area contributed by atoms with Gasteiger partial charge in [0.2, 0.25) is 0 Å². The van der Waals surface area contributed by atoms with Crippen molar-refractivity contribution in [3.05, 3.63) is 83.5 Å². The summed E-state index contributed by atoms with van der Waals surface area (Å²) in [5.74, 6) is 0.171. The first-order valence-electron chi connectivity index (χ1n) is 13.4. The van der Waals surface area contributed by atoms with Gasteiger partial charge in [0.1, 0.15) is 46.9 Å². The van der Waals surface area contributed by atoms with Crippen molar-refractivity contribution in [2.24, 2.45) is 5.41 Å². The lowest BCUT2D eigenvalue weighted by Crippen LogP contribution is -2.46. The van der Waals surface area contributed by atoms with Gasteiger partial charge in [-0.25, -0.2) is 14.4 Å². The third-order valence-corrected chi connectivity index (χ3v) is 6.29. The number of likely N-dealkylation sites (tertiary alicyclic amines) is 1. The molecule has 42 heavy (non-hydrogen) atoms. The van der Waals surface area contributed by atoms with Crippen molar-refractivity contribution in [1.82, 2.24) is 14.9 Å². The zero-order valence-corrected chi connectivity index (χ0v) is 24.2. The largest absolute Gasteiger partial charge is 0.457 e. The third-order valence-electron chi connectivity index (χ3n) is 6.29. The van der Waals surface area contributed by atoms with Gasteiger partial charge in [0.25, 0.3) is 5.91 Å². The van der Waals surface area contributed by atoms with Gasteiger partial charge in [-0.05, 0) is 42.5 Å². The van der Waals surface area contributed by atoms with Crippen molar-refractivity contribution in [3.8, 4) is 17.6 Å². The molecule has 3 aromatic rings. The van der Waals surface area contributed by atoms with E-state index >= 15 is 4.39 Å². The first kappa shape index (κ1) is 31.7. The van der Waals surface area contributed by atoms with E-state index in [-0.39, 0.29) is 51.4 Å². The molecule has 0 aliphatic carbocycles. The number of hydrogen-bond donors (Lipinski definition) is 4. The normalized spacial score (nSPS) is 15.1. The number of halogens is 1. The number of anilines is 2. The molecule has 5 N–H and O–H groups in total. The number of allylic oxidation sites excluding steroid dienone is 1. The van der Waals surface area contributed by atoms with Gasteiger partial charge in [-0.3, -0.25) is 10.2 Å².